The first-order valence-electron chi connectivity index (χ1n) is 6.11. The first kappa shape index (κ1) is 13.9. The number of aryl methyl sites for hydroxylation is 2. The van der Waals surface area contributed by atoms with Crippen LogP contribution in [0.15, 0.2) is 36.4 Å². The van der Waals surface area contributed by atoms with E-state index in [1.807, 2.05) is 32.0 Å². The number of aliphatic hydroxyl groups excluding tert-OH is 1. The summed E-state index contributed by atoms with van der Waals surface area (Å²) in [6, 6.07) is 11.3. The van der Waals surface area contributed by atoms with Crippen LogP contribution in [-0.4, -0.2) is 12.2 Å². The highest BCUT2D eigenvalue weighted by molar-refractivity contribution is 6.32. The number of benzene rings is 2. The lowest BCUT2D eigenvalue weighted by Gasteiger charge is -2.16. The van der Waals surface area contributed by atoms with E-state index in [2.05, 4.69) is 6.07 Å². The fourth-order valence-corrected chi connectivity index (χ4v) is 2.43. The van der Waals surface area contributed by atoms with Gasteiger partial charge in [0.2, 0.25) is 0 Å². The van der Waals surface area contributed by atoms with Gasteiger partial charge in [0.1, 0.15) is 11.9 Å². The van der Waals surface area contributed by atoms with Gasteiger partial charge in [0.05, 0.1) is 12.1 Å². The molecule has 0 spiro atoms. The largest absolute Gasteiger partial charge is 0.495 e. The summed E-state index contributed by atoms with van der Waals surface area (Å²) in [5, 5.41) is 11.0. The molecule has 3 heteroatoms. The predicted octanol–water partition coefficient (Wildman–Crippen LogP) is 4.05. The number of halogens is 1. The van der Waals surface area contributed by atoms with Gasteiger partial charge in [0, 0.05) is 0 Å². The van der Waals surface area contributed by atoms with Crippen molar-refractivity contribution in [3.63, 3.8) is 0 Å². The van der Waals surface area contributed by atoms with Gasteiger partial charge in [-0.3, -0.25) is 0 Å². The normalized spacial score (nSPS) is 12.3. The highest BCUT2D eigenvalue weighted by Gasteiger charge is 2.14. The van der Waals surface area contributed by atoms with E-state index in [-0.39, 0.29) is 0 Å². The highest BCUT2D eigenvalue weighted by Crippen LogP contribution is 2.31. The van der Waals surface area contributed by atoms with Gasteiger partial charge in [0.25, 0.3) is 0 Å². The molecule has 2 rings (SSSR count). The number of hydrogen-bond donors (Lipinski definition) is 1. The Balaban J connectivity index is 2.38. The summed E-state index contributed by atoms with van der Waals surface area (Å²) in [4.78, 5) is 0. The zero-order valence-electron chi connectivity index (χ0n) is 11.3. The molecule has 2 aromatic carbocycles. The maximum absolute atomic E-state index is 10.5. The average Bonchev–Trinajstić information content (AvgIpc) is 2.38. The van der Waals surface area contributed by atoms with Gasteiger partial charge < -0.3 is 9.84 Å². The monoisotopic (exact) mass is 276 g/mol. The molecule has 0 aromatic heterocycles. The van der Waals surface area contributed by atoms with Gasteiger partial charge in [-0.1, -0.05) is 41.4 Å². The van der Waals surface area contributed by atoms with Gasteiger partial charge in [-0.2, -0.15) is 0 Å². The maximum Gasteiger partial charge on any atom is 0.137 e. The van der Waals surface area contributed by atoms with Crippen LogP contribution in [0.25, 0.3) is 0 Å². The van der Waals surface area contributed by atoms with Crippen LogP contribution >= 0.6 is 11.6 Å². The Bertz CT molecular complexity index is 593. The summed E-state index contributed by atoms with van der Waals surface area (Å²) in [5.74, 6) is 0.609. The molecule has 1 N–H and O–H groups in total. The second-order valence-electron chi connectivity index (χ2n) is 4.66. The van der Waals surface area contributed by atoms with Gasteiger partial charge >= 0.3 is 0 Å². The van der Waals surface area contributed by atoms with Crippen molar-refractivity contribution in [3.8, 4) is 5.75 Å². The number of rotatable bonds is 3. The standard InChI is InChI=1S/C16H17ClO2/c1-10-4-6-13(11(2)8-10)16(18)12-5-7-15(19-3)14(17)9-12/h4-9,16,18H,1-3H3. The van der Waals surface area contributed by atoms with E-state index in [0.717, 1.165) is 16.7 Å². The summed E-state index contributed by atoms with van der Waals surface area (Å²) in [6.45, 7) is 4.03. The van der Waals surface area contributed by atoms with Crippen LogP contribution in [0.5, 0.6) is 5.75 Å². The van der Waals surface area contributed by atoms with E-state index >= 15 is 0 Å². The maximum atomic E-state index is 10.5. The Hall–Kier alpha value is -1.51. The molecule has 1 atom stereocenters. The number of methoxy groups -OCH3 is 1. The highest BCUT2D eigenvalue weighted by atomic mass is 35.5. The van der Waals surface area contributed by atoms with Crippen molar-refractivity contribution in [1.29, 1.82) is 0 Å². The van der Waals surface area contributed by atoms with Crippen LogP contribution < -0.4 is 4.74 Å². The van der Waals surface area contributed by atoms with Crippen molar-refractivity contribution >= 4 is 11.6 Å². The quantitative estimate of drug-likeness (QED) is 0.916. The summed E-state index contributed by atoms with van der Waals surface area (Å²) in [6.07, 6.45) is -0.677. The lowest BCUT2D eigenvalue weighted by Crippen LogP contribution is -2.02. The predicted molar refractivity (Wildman–Crippen MR) is 78.0 cm³/mol. The van der Waals surface area contributed by atoms with E-state index in [0.29, 0.717) is 10.8 Å². The molecule has 1 unspecified atom stereocenters. The minimum absolute atomic E-state index is 0.504. The lowest BCUT2D eigenvalue weighted by molar-refractivity contribution is 0.219. The Kier molecular flexibility index (Phi) is 4.13. The van der Waals surface area contributed by atoms with Crippen molar-refractivity contribution in [2.75, 3.05) is 7.11 Å². The van der Waals surface area contributed by atoms with E-state index in [1.54, 1.807) is 19.2 Å². The molecule has 100 valence electrons. The van der Waals surface area contributed by atoms with Gasteiger partial charge in [-0.05, 0) is 42.7 Å². The molecule has 19 heavy (non-hydrogen) atoms. The topological polar surface area (TPSA) is 29.5 Å². The molecule has 0 aliphatic heterocycles. The molecule has 2 nitrogen and oxygen atoms in total. The SMILES string of the molecule is COc1ccc(C(O)c2ccc(C)cc2C)cc1Cl. The number of ether oxygens (including phenoxy) is 1. The van der Waals surface area contributed by atoms with Crippen LogP contribution in [0.1, 0.15) is 28.4 Å². The molecule has 2 aromatic rings. The molecule has 0 bridgehead atoms. The van der Waals surface area contributed by atoms with Gasteiger partial charge in [-0.25, -0.2) is 0 Å². The van der Waals surface area contributed by atoms with Crippen molar-refractivity contribution < 1.29 is 9.84 Å². The van der Waals surface area contributed by atoms with E-state index in [9.17, 15) is 5.11 Å². The third-order valence-corrected chi connectivity index (χ3v) is 3.51. The first-order valence-corrected chi connectivity index (χ1v) is 6.49. The molecule has 0 aliphatic carbocycles. The van der Waals surface area contributed by atoms with Crippen molar-refractivity contribution in [2.45, 2.75) is 20.0 Å². The van der Waals surface area contributed by atoms with Crippen LogP contribution in [0.3, 0.4) is 0 Å². The van der Waals surface area contributed by atoms with Crippen LogP contribution in [-0.2, 0) is 0 Å². The number of aliphatic hydroxyl groups is 1. The first-order chi connectivity index (χ1) is 9.02. The smallest absolute Gasteiger partial charge is 0.137 e. The van der Waals surface area contributed by atoms with E-state index in [1.165, 1.54) is 5.56 Å². The van der Waals surface area contributed by atoms with Crippen LogP contribution in [0, 0.1) is 13.8 Å². The summed E-state index contributed by atoms with van der Waals surface area (Å²) < 4.78 is 5.11. The molecular weight excluding hydrogens is 260 g/mol. The fraction of sp³-hybridized carbons (Fsp3) is 0.250. The molecule has 0 amide bonds. The third-order valence-electron chi connectivity index (χ3n) is 3.21. The minimum Gasteiger partial charge on any atom is -0.495 e. The molecule has 0 aliphatic rings. The summed E-state index contributed by atoms with van der Waals surface area (Å²) in [7, 11) is 1.57. The van der Waals surface area contributed by atoms with Crippen molar-refractivity contribution in [1.82, 2.24) is 0 Å². The zero-order chi connectivity index (χ0) is 14.0. The number of hydrogen-bond acceptors (Lipinski definition) is 2. The zero-order valence-corrected chi connectivity index (χ0v) is 12.0. The Labute approximate surface area is 118 Å². The van der Waals surface area contributed by atoms with E-state index < -0.39 is 6.10 Å². The van der Waals surface area contributed by atoms with Crippen LogP contribution in [0.2, 0.25) is 5.02 Å². The second kappa shape index (κ2) is 5.64. The van der Waals surface area contributed by atoms with Crippen LogP contribution in [0.4, 0.5) is 0 Å². The second-order valence-corrected chi connectivity index (χ2v) is 5.06. The van der Waals surface area contributed by atoms with Crippen molar-refractivity contribution in [2.24, 2.45) is 0 Å². The molecule has 0 fully saturated rings. The van der Waals surface area contributed by atoms with E-state index in [4.69, 9.17) is 16.3 Å². The molecule has 0 saturated heterocycles. The molecule has 0 saturated carbocycles. The third kappa shape index (κ3) is 2.91. The Morgan fingerprint density at radius 3 is 2.42 bits per heavy atom. The lowest BCUT2D eigenvalue weighted by atomic mass is 9.96. The average molecular weight is 277 g/mol. The Morgan fingerprint density at radius 2 is 1.84 bits per heavy atom. The van der Waals surface area contributed by atoms with Crippen molar-refractivity contribution in [3.05, 3.63) is 63.7 Å². The summed E-state index contributed by atoms with van der Waals surface area (Å²) >= 11 is 6.09. The van der Waals surface area contributed by atoms with Gasteiger partial charge in [0.15, 0.2) is 0 Å². The fourth-order valence-electron chi connectivity index (χ4n) is 2.16. The van der Waals surface area contributed by atoms with Gasteiger partial charge in [-0.15, -0.1) is 0 Å². The molecule has 0 radical (unpaired) electrons. The molecule has 0 heterocycles. The summed E-state index contributed by atoms with van der Waals surface area (Å²) in [5.41, 5.74) is 3.91. The molecular formula is C16H17ClO2. The Morgan fingerprint density at radius 1 is 1.11 bits per heavy atom. The minimum atomic E-state index is -0.677.